The molecule has 9 nitrogen and oxygen atoms in total. The average molecular weight is 473 g/mol. The van der Waals surface area contributed by atoms with E-state index in [9.17, 15) is 5.26 Å². The summed E-state index contributed by atoms with van der Waals surface area (Å²) in [6, 6.07) is 11.9. The van der Waals surface area contributed by atoms with E-state index in [4.69, 9.17) is 15.6 Å². The van der Waals surface area contributed by atoms with Crippen molar-refractivity contribution < 1.29 is 4.74 Å². The summed E-state index contributed by atoms with van der Waals surface area (Å²) >= 11 is 0. The first-order valence-electron chi connectivity index (χ1n) is 12.0. The highest BCUT2D eigenvalue weighted by Crippen LogP contribution is 2.29. The highest BCUT2D eigenvalue weighted by atomic mass is 16.5. The van der Waals surface area contributed by atoms with Crippen molar-refractivity contribution in [3.63, 3.8) is 0 Å². The zero-order chi connectivity index (χ0) is 24.8. The summed E-state index contributed by atoms with van der Waals surface area (Å²) in [5.41, 5.74) is 3.88. The van der Waals surface area contributed by atoms with Crippen molar-refractivity contribution in [2.24, 2.45) is 21.9 Å². The van der Waals surface area contributed by atoms with Crippen LogP contribution >= 0.6 is 0 Å². The number of aliphatic imine (C=N–C) groups is 1. The maximum atomic E-state index is 9.69. The van der Waals surface area contributed by atoms with Crippen molar-refractivity contribution in [2.75, 3.05) is 13.1 Å². The van der Waals surface area contributed by atoms with Gasteiger partial charge in [-0.1, -0.05) is 19.9 Å². The van der Waals surface area contributed by atoms with Crippen LogP contribution in [-0.4, -0.2) is 44.9 Å². The Balaban J connectivity index is 1.77. The molecular formula is C26H32N8O. The van der Waals surface area contributed by atoms with E-state index in [-0.39, 0.29) is 12.1 Å². The van der Waals surface area contributed by atoms with Gasteiger partial charge in [0, 0.05) is 17.8 Å². The number of ether oxygens (including phenoxy) is 1. The van der Waals surface area contributed by atoms with Gasteiger partial charge in [0.1, 0.15) is 29.2 Å². The Kier molecular flexibility index (Phi) is 7.73. The van der Waals surface area contributed by atoms with E-state index in [2.05, 4.69) is 40.3 Å². The molecule has 0 saturated carbocycles. The minimum atomic E-state index is -0.300. The molecule has 3 aromatic heterocycles. The number of nitrogens with zero attached hydrogens (tertiary/aromatic N) is 6. The van der Waals surface area contributed by atoms with Gasteiger partial charge >= 0.3 is 0 Å². The average Bonchev–Trinajstić information content (AvgIpc) is 3.28. The van der Waals surface area contributed by atoms with Gasteiger partial charge in [-0.2, -0.15) is 10.4 Å². The number of nitrogens with two attached hydrogens (primary N) is 1. The van der Waals surface area contributed by atoms with E-state index in [0.717, 1.165) is 49.3 Å². The number of hydrazone groups is 1. The van der Waals surface area contributed by atoms with Crippen LogP contribution in [0.4, 0.5) is 0 Å². The largest absolute Gasteiger partial charge is 0.469 e. The second kappa shape index (κ2) is 11.1. The predicted molar refractivity (Wildman–Crippen MR) is 137 cm³/mol. The second-order valence-corrected chi connectivity index (χ2v) is 9.20. The van der Waals surface area contributed by atoms with Crippen LogP contribution in [0, 0.1) is 17.2 Å². The maximum absolute atomic E-state index is 9.69. The number of nitrogens with one attached hydrogen (secondary N) is 1. The smallest absolute Gasteiger partial charge is 0.201 e. The number of rotatable bonds is 8. The molecule has 0 radical (unpaired) electrons. The van der Waals surface area contributed by atoms with E-state index in [1.807, 2.05) is 37.3 Å². The number of piperidine rings is 1. The van der Waals surface area contributed by atoms with Crippen LogP contribution in [0.2, 0.25) is 0 Å². The molecular weight excluding hydrogens is 440 g/mol. The molecule has 1 aliphatic rings. The fourth-order valence-corrected chi connectivity index (χ4v) is 4.40. The number of hydrogen-bond donors (Lipinski definition) is 2. The van der Waals surface area contributed by atoms with Crippen molar-refractivity contribution in [1.29, 1.82) is 5.26 Å². The monoisotopic (exact) mass is 472 g/mol. The molecule has 3 N–H and O–H groups in total. The summed E-state index contributed by atoms with van der Waals surface area (Å²) in [4.78, 5) is 13.9. The van der Waals surface area contributed by atoms with Gasteiger partial charge in [0.15, 0.2) is 0 Å². The molecule has 3 aromatic rings. The van der Waals surface area contributed by atoms with Crippen LogP contribution in [0.3, 0.4) is 0 Å². The molecule has 0 aromatic carbocycles. The van der Waals surface area contributed by atoms with Crippen LogP contribution in [0.1, 0.15) is 63.1 Å². The molecule has 0 amide bonds. The quantitative estimate of drug-likeness (QED) is 0.293. The third-order valence-electron chi connectivity index (χ3n) is 6.08. The summed E-state index contributed by atoms with van der Waals surface area (Å²) in [7, 11) is 0. The molecule has 182 valence electrons. The minimum absolute atomic E-state index is 0.239. The molecule has 1 aliphatic heterocycles. The number of aromatic nitrogens is 3. The molecule has 35 heavy (non-hydrogen) atoms. The zero-order valence-electron chi connectivity index (χ0n) is 20.5. The summed E-state index contributed by atoms with van der Waals surface area (Å²) in [6.07, 6.45) is 5.72. The summed E-state index contributed by atoms with van der Waals surface area (Å²) < 4.78 is 8.27. The Morgan fingerprint density at radius 3 is 2.74 bits per heavy atom. The zero-order valence-corrected chi connectivity index (χ0v) is 20.5. The Morgan fingerprint density at radius 2 is 2.09 bits per heavy atom. The molecule has 9 heteroatoms. The Labute approximate surface area is 205 Å². The van der Waals surface area contributed by atoms with Gasteiger partial charge in [-0.05, 0) is 63.4 Å². The summed E-state index contributed by atoms with van der Waals surface area (Å²) in [5.74, 6) is 6.72. The van der Waals surface area contributed by atoms with E-state index in [0.29, 0.717) is 28.9 Å². The van der Waals surface area contributed by atoms with E-state index < -0.39 is 0 Å². The van der Waals surface area contributed by atoms with E-state index >= 15 is 0 Å². The standard InChI is InChI=1S/C26H32N8O/c1-17(2)12-23(22-6-4-5-9-30-22)35-25-14-19(13-24-31-16-21(15-27)34(24)25)26(33-28)18(3)32-20-7-10-29-11-8-20/h4-6,9,13-14,16-17,20,23,29H,7-8,10-12,28H2,1-3H3/b32-18?,33-26+. The molecule has 1 saturated heterocycles. The topological polar surface area (TPSA) is 126 Å². The first kappa shape index (κ1) is 24.4. The summed E-state index contributed by atoms with van der Waals surface area (Å²) in [6.45, 7) is 8.12. The number of hydrogen-bond acceptors (Lipinski definition) is 8. The molecule has 1 unspecified atom stereocenters. The highest BCUT2D eigenvalue weighted by molar-refractivity contribution is 6.47. The van der Waals surface area contributed by atoms with Crippen molar-refractivity contribution in [3.8, 4) is 11.9 Å². The lowest BCUT2D eigenvalue weighted by atomic mass is 10.0. The number of nitriles is 1. The fourth-order valence-electron chi connectivity index (χ4n) is 4.40. The van der Waals surface area contributed by atoms with Crippen molar-refractivity contribution >= 4 is 17.1 Å². The first-order valence-corrected chi connectivity index (χ1v) is 12.0. The third kappa shape index (κ3) is 5.66. The van der Waals surface area contributed by atoms with Crippen molar-refractivity contribution in [2.45, 2.75) is 52.2 Å². The van der Waals surface area contributed by atoms with Crippen molar-refractivity contribution in [1.82, 2.24) is 19.7 Å². The Morgan fingerprint density at radius 1 is 1.29 bits per heavy atom. The molecule has 4 rings (SSSR count). The van der Waals surface area contributed by atoms with E-state index in [1.54, 1.807) is 16.8 Å². The van der Waals surface area contributed by atoms with Gasteiger partial charge in [0.25, 0.3) is 0 Å². The second-order valence-electron chi connectivity index (χ2n) is 9.20. The van der Waals surface area contributed by atoms with Gasteiger partial charge in [0.05, 0.1) is 23.6 Å². The number of fused-ring (bicyclic) bond motifs is 1. The molecule has 0 bridgehead atoms. The van der Waals surface area contributed by atoms with Gasteiger partial charge < -0.3 is 15.9 Å². The SMILES string of the molecule is CC(=NC1CCNCC1)/C(=N\N)c1cc(OC(CC(C)C)c2ccccn2)n2c(C#N)cnc2c1. The van der Waals surface area contributed by atoms with Gasteiger partial charge in [-0.25, -0.2) is 4.98 Å². The van der Waals surface area contributed by atoms with E-state index in [1.165, 1.54) is 0 Å². The van der Waals surface area contributed by atoms with Crippen LogP contribution in [-0.2, 0) is 0 Å². The van der Waals surface area contributed by atoms with Crippen LogP contribution in [0.25, 0.3) is 5.65 Å². The maximum Gasteiger partial charge on any atom is 0.201 e. The fraction of sp³-hybridized carbons (Fsp3) is 0.423. The number of imidazole rings is 1. The lowest BCUT2D eigenvalue weighted by molar-refractivity contribution is 0.163. The normalized spacial score (nSPS) is 16.4. The van der Waals surface area contributed by atoms with Gasteiger partial charge in [0.2, 0.25) is 5.88 Å². The predicted octanol–water partition coefficient (Wildman–Crippen LogP) is 3.64. The Bertz CT molecular complexity index is 1250. The third-order valence-corrected chi connectivity index (χ3v) is 6.08. The lowest BCUT2D eigenvalue weighted by Gasteiger charge is -2.22. The van der Waals surface area contributed by atoms with Crippen LogP contribution in [0.15, 0.2) is 52.8 Å². The molecule has 0 spiro atoms. The highest BCUT2D eigenvalue weighted by Gasteiger charge is 2.22. The molecule has 1 atom stereocenters. The molecule has 0 aliphatic carbocycles. The van der Waals surface area contributed by atoms with Gasteiger partial charge in [-0.3, -0.25) is 14.4 Å². The molecule has 1 fully saturated rings. The van der Waals surface area contributed by atoms with Crippen molar-refractivity contribution in [3.05, 3.63) is 59.7 Å². The van der Waals surface area contributed by atoms with Crippen LogP contribution in [0.5, 0.6) is 5.88 Å². The first-order chi connectivity index (χ1) is 17.0. The van der Waals surface area contributed by atoms with Crippen LogP contribution < -0.4 is 15.9 Å². The number of pyridine rings is 2. The minimum Gasteiger partial charge on any atom is -0.469 e. The molecule has 4 heterocycles. The lowest BCUT2D eigenvalue weighted by Crippen LogP contribution is -2.31. The Hall–Kier alpha value is -3.77. The van der Waals surface area contributed by atoms with Gasteiger partial charge in [-0.15, -0.1) is 0 Å². The summed E-state index contributed by atoms with van der Waals surface area (Å²) in [5, 5.41) is 17.1.